The summed E-state index contributed by atoms with van der Waals surface area (Å²) in [5, 5.41) is 0.905. The molecule has 15 heavy (non-hydrogen) atoms. The predicted octanol–water partition coefficient (Wildman–Crippen LogP) is 2.01. The van der Waals surface area contributed by atoms with E-state index in [0.29, 0.717) is 5.71 Å². The van der Waals surface area contributed by atoms with Gasteiger partial charge in [0.2, 0.25) is 5.71 Å². The number of ether oxygens (including phenoxy) is 1. The van der Waals surface area contributed by atoms with E-state index in [0.717, 1.165) is 10.9 Å². The summed E-state index contributed by atoms with van der Waals surface area (Å²) in [4.78, 5) is 14.9. The second-order valence-corrected chi connectivity index (χ2v) is 2.94. The van der Waals surface area contributed by atoms with Gasteiger partial charge in [0.15, 0.2) is 0 Å². The van der Waals surface area contributed by atoms with Crippen LogP contribution in [-0.2, 0) is 9.53 Å². The zero-order valence-electron chi connectivity index (χ0n) is 8.14. The Hall–Kier alpha value is -2.10. The predicted molar refractivity (Wildman–Crippen MR) is 55.1 cm³/mol. The van der Waals surface area contributed by atoms with Crippen molar-refractivity contribution < 1.29 is 13.9 Å². The number of furan rings is 1. The van der Waals surface area contributed by atoms with Gasteiger partial charge in [-0.15, -0.1) is 0 Å². The zero-order valence-corrected chi connectivity index (χ0v) is 8.14. The summed E-state index contributed by atoms with van der Waals surface area (Å²) in [5.74, 6) is -0.387. The molecule has 2 heterocycles. The molecule has 0 atom stereocenters. The van der Waals surface area contributed by atoms with E-state index in [1.54, 1.807) is 18.5 Å². The van der Waals surface area contributed by atoms with Crippen LogP contribution in [-0.4, -0.2) is 18.1 Å². The molecule has 2 aromatic heterocycles. The largest absolute Gasteiger partial charge is 0.466 e. The fourth-order valence-corrected chi connectivity index (χ4v) is 1.20. The number of carbonyl (C=O) groups is 1. The summed E-state index contributed by atoms with van der Waals surface area (Å²) in [7, 11) is 1.34. The Morgan fingerprint density at radius 3 is 3.27 bits per heavy atom. The van der Waals surface area contributed by atoms with Crippen LogP contribution >= 0.6 is 0 Å². The van der Waals surface area contributed by atoms with Crippen molar-refractivity contribution in [3.05, 3.63) is 36.2 Å². The minimum Gasteiger partial charge on any atom is -0.466 e. The number of esters is 1. The molecular formula is C11H9NO3. The van der Waals surface area contributed by atoms with Gasteiger partial charge in [-0.25, -0.2) is 9.78 Å². The molecule has 0 aromatic carbocycles. The van der Waals surface area contributed by atoms with Gasteiger partial charge in [-0.3, -0.25) is 0 Å². The molecule has 0 N–H and O–H groups in total. The molecule has 76 valence electrons. The van der Waals surface area contributed by atoms with Crippen LogP contribution in [0.1, 0.15) is 5.56 Å². The van der Waals surface area contributed by atoms with Crippen molar-refractivity contribution in [3.8, 4) is 0 Å². The highest BCUT2D eigenvalue weighted by atomic mass is 16.5. The molecule has 0 fully saturated rings. The fourth-order valence-electron chi connectivity index (χ4n) is 1.20. The first-order valence-electron chi connectivity index (χ1n) is 4.39. The lowest BCUT2D eigenvalue weighted by Gasteiger charge is -1.92. The Kier molecular flexibility index (Phi) is 2.49. The van der Waals surface area contributed by atoms with Crippen molar-refractivity contribution in [1.82, 2.24) is 4.98 Å². The maximum Gasteiger partial charge on any atom is 0.330 e. The van der Waals surface area contributed by atoms with Crippen LogP contribution in [0.5, 0.6) is 0 Å². The molecule has 0 saturated heterocycles. The van der Waals surface area contributed by atoms with E-state index in [-0.39, 0.29) is 5.97 Å². The number of hydrogen-bond acceptors (Lipinski definition) is 4. The Balaban J connectivity index is 2.28. The topological polar surface area (TPSA) is 52.3 Å². The quantitative estimate of drug-likeness (QED) is 0.553. The molecule has 2 aromatic rings. The number of hydrogen-bond donors (Lipinski definition) is 0. The van der Waals surface area contributed by atoms with Crippen molar-refractivity contribution in [2.75, 3.05) is 7.11 Å². The highest BCUT2D eigenvalue weighted by Crippen LogP contribution is 2.14. The highest BCUT2D eigenvalue weighted by Gasteiger charge is 1.98. The number of nitrogens with zero attached hydrogens (tertiary/aromatic N) is 1. The second kappa shape index (κ2) is 3.96. The molecule has 0 aliphatic heterocycles. The van der Waals surface area contributed by atoms with Crippen LogP contribution in [0.3, 0.4) is 0 Å². The van der Waals surface area contributed by atoms with E-state index in [1.165, 1.54) is 13.2 Å². The first-order chi connectivity index (χ1) is 7.29. The normalized spacial score (nSPS) is 11.0. The van der Waals surface area contributed by atoms with Gasteiger partial charge in [-0.1, -0.05) is 0 Å². The van der Waals surface area contributed by atoms with Crippen LogP contribution in [0.2, 0.25) is 0 Å². The summed E-state index contributed by atoms with van der Waals surface area (Å²) in [6.45, 7) is 0. The third-order valence-electron chi connectivity index (χ3n) is 1.94. The maximum absolute atomic E-state index is 10.9. The van der Waals surface area contributed by atoms with Gasteiger partial charge in [0.25, 0.3) is 0 Å². The van der Waals surface area contributed by atoms with Crippen LogP contribution in [0.25, 0.3) is 17.2 Å². The van der Waals surface area contributed by atoms with Gasteiger partial charge >= 0.3 is 5.97 Å². The van der Waals surface area contributed by atoms with Crippen molar-refractivity contribution in [2.45, 2.75) is 0 Å². The van der Waals surface area contributed by atoms with Gasteiger partial charge in [-0.2, -0.15) is 0 Å². The SMILES string of the molecule is COC(=O)/C=C/c1cnc2occc2c1. The van der Waals surface area contributed by atoms with Crippen molar-refractivity contribution in [1.29, 1.82) is 0 Å². The Morgan fingerprint density at radius 2 is 2.47 bits per heavy atom. The van der Waals surface area contributed by atoms with Crippen LogP contribution in [0.4, 0.5) is 0 Å². The third kappa shape index (κ3) is 2.04. The van der Waals surface area contributed by atoms with E-state index in [1.807, 2.05) is 12.1 Å². The molecule has 0 unspecified atom stereocenters. The van der Waals surface area contributed by atoms with E-state index >= 15 is 0 Å². The molecule has 0 aliphatic carbocycles. The molecule has 0 aliphatic rings. The maximum atomic E-state index is 10.9. The van der Waals surface area contributed by atoms with Gasteiger partial charge in [0, 0.05) is 17.7 Å². The lowest BCUT2D eigenvalue weighted by atomic mass is 10.2. The van der Waals surface area contributed by atoms with Crippen LogP contribution in [0, 0.1) is 0 Å². The van der Waals surface area contributed by atoms with E-state index < -0.39 is 0 Å². The van der Waals surface area contributed by atoms with E-state index in [4.69, 9.17) is 4.42 Å². The summed E-state index contributed by atoms with van der Waals surface area (Å²) in [6.07, 6.45) is 6.20. The summed E-state index contributed by atoms with van der Waals surface area (Å²) in [5.41, 5.74) is 1.42. The van der Waals surface area contributed by atoms with Crippen molar-refractivity contribution in [2.24, 2.45) is 0 Å². The minimum atomic E-state index is -0.387. The van der Waals surface area contributed by atoms with Gasteiger partial charge in [-0.05, 0) is 23.8 Å². The van der Waals surface area contributed by atoms with Gasteiger partial charge in [0.05, 0.1) is 13.4 Å². The molecule has 0 radical (unpaired) electrons. The monoisotopic (exact) mass is 203 g/mol. The summed E-state index contributed by atoms with van der Waals surface area (Å²) in [6, 6.07) is 3.70. The van der Waals surface area contributed by atoms with Crippen molar-refractivity contribution in [3.63, 3.8) is 0 Å². The zero-order chi connectivity index (χ0) is 10.7. The molecule has 0 spiro atoms. The number of methoxy groups -OCH3 is 1. The average molecular weight is 203 g/mol. The molecule has 2 rings (SSSR count). The number of aromatic nitrogens is 1. The Morgan fingerprint density at radius 1 is 1.60 bits per heavy atom. The number of carbonyl (C=O) groups excluding carboxylic acids is 1. The summed E-state index contributed by atoms with van der Waals surface area (Å²) < 4.78 is 9.57. The minimum absolute atomic E-state index is 0.387. The van der Waals surface area contributed by atoms with Crippen molar-refractivity contribution >= 4 is 23.1 Å². The number of rotatable bonds is 2. The molecular weight excluding hydrogens is 194 g/mol. The van der Waals surface area contributed by atoms with E-state index in [9.17, 15) is 4.79 Å². The lowest BCUT2D eigenvalue weighted by molar-refractivity contribution is -0.134. The molecule has 0 bridgehead atoms. The van der Waals surface area contributed by atoms with E-state index in [2.05, 4.69) is 9.72 Å². The molecule has 4 heteroatoms. The summed E-state index contributed by atoms with van der Waals surface area (Å²) >= 11 is 0. The smallest absolute Gasteiger partial charge is 0.330 e. The Labute approximate surface area is 86.2 Å². The molecule has 4 nitrogen and oxygen atoms in total. The van der Waals surface area contributed by atoms with Gasteiger partial charge in [0.1, 0.15) is 0 Å². The van der Waals surface area contributed by atoms with Crippen LogP contribution < -0.4 is 0 Å². The highest BCUT2D eigenvalue weighted by molar-refractivity contribution is 5.87. The third-order valence-corrected chi connectivity index (χ3v) is 1.94. The fraction of sp³-hybridized carbons (Fsp3) is 0.0909. The molecule has 0 amide bonds. The number of fused-ring (bicyclic) bond motifs is 1. The Bertz CT molecular complexity index is 513. The standard InChI is InChI=1S/C11H9NO3/c1-14-10(13)3-2-8-6-9-4-5-15-11(9)12-7-8/h2-7H,1H3/b3-2+. The van der Waals surface area contributed by atoms with Gasteiger partial charge < -0.3 is 9.15 Å². The molecule has 0 saturated carbocycles. The number of pyridine rings is 1. The first-order valence-corrected chi connectivity index (χ1v) is 4.39. The lowest BCUT2D eigenvalue weighted by Crippen LogP contribution is -1.93. The second-order valence-electron chi connectivity index (χ2n) is 2.94. The first kappa shape index (κ1) is 9.45. The van der Waals surface area contributed by atoms with Crippen LogP contribution in [0.15, 0.2) is 35.1 Å². The average Bonchev–Trinajstić information content (AvgIpc) is 2.72.